The third-order valence-electron chi connectivity index (χ3n) is 6.11. The van der Waals surface area contributed by atoms with Gasteiger partial charge in [-0.05, 0) is 48.9 Å². The molecule has 9 heteroatoms. The quantitative estimate of drug-likeness (QED) is 0.480. The summed E-state index contributed by atoms with van der Waals surface area (Å²) in [6.07, 6.45) is -0.497. The molecule has 3 aromatic rings. The van der Waals surface area contributed by atoms with Gasteiger partial charge in [-0.2, -0.15) is 0 Å². The van der Waals surface area contributed by atoms with Gasteiger partial charge in [0.2, 0.25) is 5.75 Å². The normalized spacial score (nSPS) is 15.0. The molecular weight excluding hydrogens is 474 g/mol. The Labute approximate surface area is 216 Å². The van der Waals surface area contributed by atoms with Gasteiger partial charge in [0.15, 0.2) is 11.5 Å². The second-order valence-electron chi connectivity index (χ2n) is 8.44. The summed E-state index contributed by atoms with van der Waals surface area (Å²) in [5.41, 5.74) is 2.87. The van der Waals surface area contributed by atoms with Crippen LogP contribution in [0.15, 0.2) is 60.7 Å². The summed E-state index contributed by atoms with van der Waals surface area (Å²) < 4.78 is 22.1. The Hall–Kier alpha value is -4.08. The van der Waals surface area contributed by atoms with Crippen molar-refractivity contribution in [1.29, 1.82) is 0 Å². The first-order valence-electron chi connectivity index (χ1n) is 11.9. The van der Waals surface area contributed by atoms with Gasteiger partial charge in [0, 0.05) is 35.6 Å². The van der Waals surface area contributed by atoms with Crippen molar-refractivity contribution in [3.63, 3.8) is 0 Å². The van der Waals surface area contributed by atoms with Gasteiger partial charge in [-0.15, -0.1) is 0 Å². The lowest BCUT2D eigenvalue weighted by Gasteiger charge is -2.35. The van der Waals surface area contributed by atoms with E-state index >= 15 is 0 Å². The number of ether oxygens (including phenoxy) is 4. The Morgan fingerprint density at radius 3 is 2.24 bits per heavy atom. The third kappa shape index (κ3) is 5.68. The third-order valence-corrected chi connectivity index (χ3v) is 6.11. The van der Waals surface area contributed by atoms with Crippen molar-refractivity contribution in [3.8, 4) is 17.2 Å². The number of methoxy groups -OCH3 is 3. The minimum absolute atomic E-state index is 0.194. The maximum atomic E-state index is 13.6. The first-order chi connectivity index (χ1) is 18.0. The molecule has 4 rings (SSSR count). The highest BCUT2D eigenvalue weighted by molar-refractivity contribution is 6.08. The van der Waals surface area contributed by atoms with Crippen LogP contribution in [0.2, 0.25) is 0 Å². The number of morpholine rings is 1. The van der Waals surface area contributed by atoms with Crippen molar-refractivity contribution >= 4 is 23.2 Å². The van der Waals surface area contributed by atoms with E-state index < -0.39 is 6.23 Å². The highest BCUT2D eigenvalue weighted by atomic mass is 16.5. The first-order valence-corrected chi connectivity index (χ1v) is 11.9. The molecule has 1 heterocycles. The molecule has 0 bridgehead atoms. The lowest BCUT2D eigenvalue weighted by atomic mass is 10.1. The number of hydrogen-bond acceptors (Lipinski definition) is 7. The number of rotatable bonds is 8. The predicted octanol–water partition coefficient (Wildman–Crippen LogP) is 3.87. The molecule has 1 fully saturated rings. The average molecular weight is 506 g/mol. The summed E-state index contributed by atoms with van der Waals surface area (Å²) >= 11 is 0. The lowest BCUT2D eigenvalue weighted by molar-refractivity contribution is 0.0255. The van der Waals surface area contributed by atoms with Crippen molar-refractivity contribution in [2.75, 3.05) is 51.2 Å². The SMILES string of the molecule is COc1cc(C(=O)Nc2cc(N(C(=O)c3ccccc3)C3CNCCO3)ccc2C)cc(OC)c1OC. The number of anilines is 2. The van der Waals surface area contributed by atoms with Gasteiger partial charge in [-0.1, -0.05) is 24.3 Å². The van der Waals surface area contributed by atoms with Crippen LogP contribution in [-0.2, 0) is 4.74 Å². The molecule has 3 aromatic carbocycles. The fourth-order valence-corrected chi connectivity index (χ4v) is 4.15. The van der Waals surface area contributed by atoms with E-state index in [1.165, 1.54) is 21.3 Å². The highest BCUT2D eigenvalue weighted by Gasteiger charge is 2.29. The van der Waals surface area contributed by atoms with Crippen molar-refractivity contribution in [2.24, 2.45) is 0 Å². The molecule has 2 amide bonds. The first kappa shape index (κ1) is 26.0. The Balaban J connectivity index is 1.67. The zero-order valence-corrected chi connectivity index (χ0v) is 21.4. The molecule has 0 aromatic heterocycles. The standard InChI is InChI=1S/C28H31N3O6/c1-18-10-11-21(31(25-17-29-12-13-37-25)28(33)19-8-6-5-7-9-19)16-22(18)30-27(32)20-14-23(34-2)26(36-4)24(15-20)35-3/h5-11,14-16,25,29H,12-13,17H2,1-4H3,(H,30,32). The maximum absolute atomic E-state index is 13.6. The van der Waals surface area contributed by atoms with Crippen molar-refractivity contribution < 1.29 is 28.5 Å². The number of nitrogens with zero attached hydrogens (tertiary/aromatic N) is 1. The molecular formula is C28H31N3O6. The van der Waals surface area contributed by atoms with Crippen LogP contribution in [0, 0.1) is 6.92 Å². The molecule has 194 valence electrons. The Kier molecular flexibility index (Phi) is 8.27. The van der Waals surface area contributed by atoms with Gasteiger partial charge in [-0.25, -0.2) is 0 Å². The van der Waals surface area contributed by atoms with Gasteiger partial charge in [-0.3, -0.25) is 14.5 Å². The Morgan fingerprint density at radius 2 is 1.65 bits per heavy atom. The predicted molar refractivity (Wildman–Crippen MR) is 141 cm³/mol. The monoisotopic (exact) mass is 505 g/mol. The van der Waals surface area contributed by atoms with Crippen molar-refractivity contribution in [2.45, 2.75) is 13.2 Å². The van der Waals surface area contributed by atoms with E-state index in [9.17, 15) is 9.59 Å². The molecule has 1 atom stereocenters. The van der Waals surface area contributed by atoms with E-state index in [0.29, 0.717) is 59.4 Å². The van der Waals surface area contributed by atoms with Crippen LogP contribution in [-0.4, -0.2) is 59.1 Å². The summed E-state index contributed by atoms with van der Waals surface area (Å²) in [6, 6.07) is 17.7. The van der Waals surface area contributed by atoms with E-state index in [1.54, 1.807) is 35.2 Å². The van der Waals surface area contributed by atoms with E-state index in [4.69, 9.17) is 18.9 Å². The zero-order valence-electron chi connectivity index (χ0n) is 21.4. The highest BCUT2D eigenvalue weighted by Crippen LogP contribution is 2.38. The molecule has 1 unspecified atom stereocenters. The van der Waals surface area contributed by atoms with Crippen LogP contribution in [0.25, 0.3) is 0 Å². The fourth-order valence-electron chi connectivity index (χ4n) is 4.15. The summed E-state index contributed by atoms with van der Waals surface area (Å²) in [5, 5.41) is 6.24. The molecule has 1 saturated heterocycles. The smallest absolute Gasteiger partial charge is 0.260 e. The van der Waals surface area contributed by atoms with E-state index in [0.717, 1.165) is 5.56 Å². The molecule has 0 radical (unpaired) electrons. The fraction of sp³-hybridized carbons (Fsp3) is 0.286. The Morgan fingerprint density at radius 1 is 0.946 bits per heavy atom. The molecule has 0 spiro atoms. The number of amides is 2. The van der Waals surface area contributed by atoms with Crippen molar-refractivity contribution in [1.82, 2.24) is 5.32 Å². The van der Waals surface area contributed by atoms with E-state index in [-0.39, 0.29) is 11.8 Å². The largest absolute Gasteiger partial charge is 0.493 e. The van der Waals surface area contributed by atoms with Crippen molar-refractivity contribution in [3.05, 3.63) is 77.4 Å². The van der Waals surface area contributed by atoms with Crippen LogP contribution in [0.5, 0.6) is 17.2 Å². The molecule has 0 aliphatic carbocycles. The Bertz CT molecular complexity index is 1230. The topological polar surface area (TPSA) is 98.4 Å². The average Bonchev–Trinajstić information content (AvgIpc) is 2.94. The van der Waals surface area contributed by atoms with Crippen LogP contribution in [0.1, 0.15) is 26.3 Å². The van der Waals surface area contributed by atoms with Crippen LogP contribution >= 0.6 is 0 Å². The second-order valence-corrected chi connectivity index (χ2v) is 8.44. The van der Waals surface area contributed by atoms with Crippen LogP contribution in [0.3, 0.4) is 0 Å². The van der Waals surface area contributed by atoms with Crippen LogP contribution in [0.4, 0.5) is 11.4 Å². The molecule has 2 N–H and O–H groups in total. The maximum Gasteiger partial charge on any atom is 0.260 e. The summed E-state index contributed by atoms with van der Waals surface area (Å²) in [7, 11) is 4.49. The van der Waals surface area contributed by atoms with E-state index in [1.807, 2.05) is 37.3 Å². The van der Waals surface area contributed by atoms with Gasteiger partial charge < -0.3 is 29.6 Å². The summed E-state index contributed by atoms with van der Waals surface area (Å²) in [5.74, 6) is 0.588. The van der Waals surface area contributed by atoms with Gasteiger partial charge in [0.1, 0.15) is 6.23 Å². The molecule has 37 heavy (non-hydrogen) atoms. The van der Waals surface area contributed by atoms with Gasteiger partial charge in [0.25, 0.3) is 11.8 Å². The lowest BCUT2D eigenvalue weighted by Crippen LogP contribution is -2.52. The van der Waals surface area contributed by atoms with Gasteiger partial charge >= 0.3 is 0 Å². The second kappa shape index (κ2) is 11.8. The number of aryl methyl sites for hydroxylation is 1. The summed E-state index contributed by atoms with van der Waals surface area (Å²) in [6.45, 7) is 3.57. The molecule has 9 nitrogen and oxygen atoms in total. The zero-order chi connectivity index (χ0) is 26.4. The molecule has 1 aliphatic heterocycles. The number of hydrogen-bond donors (Lipinski definition) is 2. The number of carbonyl (C=O) groups excluding carboxylic acids is 2. The van der Waals surface area contributed by atoms with Gasteiger partial charge in [0.05, 0.1) is 27.9 Å². The summed E-state index contributed by atoms with van der Waals surface area (Å²) in [4.78, 5) is 28.5. The molecule has 1 aliphatic rings. The minimum Gasteiger partial charge on any atom is -0.493 e. The number of carbonyl (C=O) groups is 2. The number of benzene rings is 3. The minimum atomic E-state index is -0.497. The van der Waals surface area contributed by atoms with Crippen LogP contribution < -0.4 is 29.7 Å². The van der Waals surface area contributed by atoms with E-state index in [2.05, 4.69) is 10.6 Å². The molecule has 0 saturated carbocycles. The number of nitrogens with one attached hydrogen (secondary N) is 2.